The molecular formula is C22H27F2N3O4. The van der Waals surface area contributed by atoms with Crippen molar-refractivity contribution >= 4 is 0 Å². The molecule has 3 heterocycles. The average Bonchev–Trinajstić information content (AvgIpc) is 3.20. The molecule has 2 aliphatic heterocycles. The summed E-state index contributed by atoms with van der Waals surface area (Å²) in [6, 6.07) is 2.11. The maximum Gasteiger partial charge on any atom is 0.163 e. The zero-order valence-corrected chi connectivity index (χ0v) is 18.0. The van der Waals surface area contributed by atoms with Gasteiger partial charge in [0.05, 0.1) is 18.9 Å². The Labute approximate surface area is 179 Å². The van der Waals surface area contributed by atoms with Crippen LogP contribution < -0.4 is 0 Å². The molecule has 2 aromatic rings. The van der Waals surface area contributed by atoms with Crippen molar-refractivity contribution in [3.05, 3.63) is 48.2 Å². The van der Waals surface area contributed by atoms with Crippen molar-refractivity contribution in [3.8, 4) is 11.3 Å². The molecule has 0 N–H and O–H groups in total. The molecule has 0 bridgehead atoms. The number of hydrogen-bond donors (Lipinski definition) is 0. The molecule has 0 aliphatic carbocycles. The van der Waals surface area contributed by atoms with Crippen molar-refractivity contribution in [1.82, 2.24) is 15.0 Å². The van der Waals surface area contributed by atoms with E-state index in [9.17, 15) is 8.78 Å². The second kappa shape index (κ2) is 8.38. The van der Waals surface area contributed by atoms with Crippen molar-refractivity contribution in [3.63, 3.8) is 0 Å². The molecule has 0 unspecified atom stereocenters. The largest absolute Gasteiger partial charge is 0.376 e. The first-order valence-corrected chi connectivity index (χ1v) is 10.2. The highest BCUT2D eigenvalue weighted by atomic mass is 19.1. The molecule has 2 aliphatic rings. The molecule has 0 saturated carbocycles. The SMILES string of the molecule is C=CC[C@H]1O[C@@H]2COC(C)(C)O[C@@H]2[C@H](n2cc(-c3cc(F)c(C)c(F)c3)nn2)[C@H]1OC. The molecule has 1 aromatic heterocycles. The Hall–Kier alpha value is -2.20. The first-order valence-electron chi connectivity index (χ1n) is 10.2. The van der Waals surface area contributed by atoms with Crippen molar-refractivity contribution in [2.75, 3.05) is 13.7 Å². The monoisotopic (exact) mass is 435 g/mol. The summed E-state index contributed by atoms with van der Waals surface area (Å²) in [5.41, 5.74) is 0.621. The standard InChI is InChI=1S/C22H27F2N3O4/c1-6-7-17-20(28-5)19(21-18(30-17)11-29-22(3,4)31-21)27-10-16(25-26-27)13-8-14(23)12(2)15(24)9-13/h6,8-10,17-21H,1,7,11H2,2-5H3/t17-,18-,19-,20+,21+/m1/s1. The maximum absolute atomic E-state index is 14.1. The Balaban J connectivity index is 1.73. The van der Waals surface area contributed by atoms with Crippen LogP contribution in [0, 0.1) is 18.6 Å². The molecule has 1 aromatic carbocycles. The molecule has 0 radical (unpaired) electrons. The molecule has 0 amide bonds. The van der Waals surface area contributed by atoms with Crippen LogP contribution >= 0.6 is 0 Å². The van der Waals surface area contributed by atoms with Crippen LogP contribution in [0.4, 0.5) is 8.78 Å². The first kappa shape index (κ1) is 22.0. The van der Waals surface area contributed by atoms with E-state index in [1.807, 2.05) is 13.8 Å². The number of methoxy groups -OCH3 is 1. The van der Waals surface area contributed by atoms with Crippen LogP contribution in [-0.4, -0.2) is 58.9 Å². The van der Waals surface area contributed by atoms with E-state index in [2.05, 4.69) is 16.9 Å². The van der Waals surface area contributed by atoms with Gasteiger partial charge in [-0.1, -0.05) is 11.3 Å². The second-order valence-electron chi connectivity index (χ2n) is 8.37. The third kappa shape index (κ3) is 4.15. The highest BCUT2D eigenvalue weighted by Crippen LogP contribution is 2.40. The number of benzene rings is 1. The van der Waals surface area contributed by atoms with Gasteiger partial charge in [-0.3, -0.25) is 0 Å². The van der Waals surface area contributed by atoms with Crippen LogP contribution in [0.2, 0.25) is 0 Å². The lowest BCUT2D eigenvalue weighted by atomic mass is 9.90. The highest BCUT2D eigenvalue weighted by molar-refractivity contribution is 5.58. The van der Waals surface area contributed by atoms with Crippen molar-refractivity contribution in [2.24, 2.45) is 0 Å². The summed E-state index contributed by atoms with van der Waals surface area (Å²) in [5.74, 6) is -2.07. The Morgan fingerprint density at radius 2 is 2.03 bits per heavy atom. The summed E-state index contributed by atoms with van der Waals surface area (Å²) in [7, 11) is 1.60. The maximum atomic E-state index is 14.1. The molecular weight excluding hydrogens is 408 g/mol. The predicted octanol–water partition coefficient (Wildman–Crippen LogP) is 3.58. The van der Waals surface area contributed by atoms with Gasteiger partial charge in [-0.25, -0.2) is 13.5 Å². The van der Waals surface area contributed by atoms with Gasteiger partial charge in [0.15, 0.2) is 5.79 Å². The Kier molecular flexibility index (Phi) is 5.95. The van der Waals surface area contributed by atoms with Gasteiger partial charge in [-0.2, -0.15) is 0 Å². The van der Waals surface area contributed by atoms with Crippen LogP contribution in [0.25, 0.3) is 11.3 Å². The smallest absolute Gasteiger partial charge is 0.163 e. The third-order valence-corrected chi connectivity index (χ3v) is 5.83. The fraction of sp³-hybridized carbons (Fsp3) is 0.545. The lowest BCUT2D eigenvalue weighted by molar-refractivity contribution is -0.349. The number of aromatic nitrogens is 3. The van der Waals surface area contributed by atoms with E-state index < -0.39 is 35.7 Å². The second-order valence-corrected chi connectivity index (χ2v) is 8.37. The lowest BCUT2D eigenvalue weighted by Gasteiger charge is -2.51. The summed E-state index contributed by atoms with van der Waals surface area (Å²) >= 11 is 0. The molecule has 168 valence electrons. The minimum atomic E-state index is -0.807. The van der Waals surface area contributed by atoms with E-state index in [4.69, 9.17) is 18.9 Å². The van der Waals surface area contributed by atoms with Crippen molar-refractivity contribution < 1.29 is 27.7 Å². The van der Waals surface area contributed by atoms with E-state index in [0.717, 1.165) is 0 Å². The number of nitrogens with zero attached hydrogens (tertiary/aromatic N) is 3. The van der Waals surface area contributed by atoms with Crippen molar-refractivity contribution in [1.29, 1.82) is 0 Å². The Bertz CT molecular complexity index is 941. The molecule has 9 heteroatoms. The van der Waals surface area contributed by atoms with Gasteiger partial charge in [0, 0.05) is 18.2 Å². The quantitative estimate of drug-likeness (QED) is 0.669. The number of ether oxygens (including phenoxy) is 4. The van der Waals surface area contributed by atoms with Crippen molar-refractivity contribution in [2.45, 2.75) is 63.4 Å². The van der Waals surface area contributed by atoms with E-state index in [0.29, 0.717) is 24.3 Å². The molecule has 0 spiro atoms. The van der Waals surface area contributed by atoms with Gasteiger partial charge in [-0.05, 0) is 39.3 Å². The van der Waals surface area contributed by atoms with Crippen LogP contribution in [0.15, 0.2) is 31.0 Å². The van der Waals surface area contributed by atoms with Gasteiger partial charge < -0.3 is 18.9 Å². The molecule has 2 fully saturated rings. The van der Waals surface area contributed by atoms with Gasteiger partial charge in [0.25, 0.3) is 0 Å². The topological polar surface area (TPSA) is 67.6 Å². The average molecular weight is 435 g/mol. The first-order chi connectivity index (χ1) is 14.7. The summed E-state index contributed by atoms with van der Waals surface area (Å²) in [6.07, 6.45) is 2.54. The highest BCUT2D eigenvalue weighted by Gasteiger charge is 2.52. The van der Waals surface area contributed by atoms with E-state index in [1.165, 1.54) is 19.1 Å². The Morgan fingerprint density at radius 1 is 1.32 bits per heavy atom. The molecule has 5 atom stereocenters. The number of fused-ring (bicyclic) bond motifs is 1. The van der Waals surface area contributed by atoms with Gasteiger partial charge >= 0.3 is 0 Å². The van der Waals surface area contributed by atoms with E-state index in [-0.39, 0.29) is 17.8 Å². The van der Waals surface area contributed by atoms with Crippen LogP contribution in [0.3, 0.4) is 0 Å². The number of hydrogen-bond acceptors (Lipinski definition) is 6. The molecule has 31 heavy (non-hydrogen) atoms. The number of halogens is 2. The minimum absolute atomic E-state index is 0.0343. The summed E-state index contributed by atoms with van der Waals surface area (Å²) in [6.45, 7) is 9.23. The molecule has 2 saturated heterocycles. The van der Waals surface area contributed by atoms with E-state index >= 15 is 0 Å². The van der Waals surface area contributed by atoms with Crippen LogP contribution in [-0.2, 0) is 18.9 Å². The summed E-state index contributed by atoms with van der Waals surface area (Å²) < 4.78 is 53.8. The minimum Gasteiger partial charge on any atom is -0.376 e. The Morgan fingerprint density at radius 3 is 2.68 bits per heavy atom. The fourth-order valence-electron chi connectivity index (χ4n) is 4.22. The summed E-state index contributed by atoms with van der Waals surface area (Å²) in [5, 5.41) is 8.43. The molecule has 7 nitrogen and oxygen atoms in total. The summed E-state index contributed by atoms with van der Waals surface area (Å²) in [4.78, 5) is 0. The van der Waals surface area contributed by atoms with Crippen LogP contribution in [0.5, 0.6) is 0 Å². The number of rotatable bonds is 5. The lowest BCUT2D eigenvalue weighted by Crippen LogP contribution is -2.62. The molecule has 4 rings (SSSR count). The van der Waals surface area contributed by atoms with Gasteiger partial charge in [-0.15, -0.1) is 11.7 Å². The third-order valence-electron chi connectivity index (χ3n) is 5.83. The van der Waals surface area contributed by atoms with E-state index in [1.54, 1.807) is 24.1 Å². The van der Waals surface area contributed by atoms with Gasteiger partial charge in [0.1, 0.15) is 41.7 Å². The fourth-order valence-corrected chi connectivity index (χ4v) is 4.22. The van der Waals surface area contributed by atoms with Gasteiger partial charge in [0.2, 0.25) is 0 Å². The predicted molar refractivity (Wildman–Crippen MR) is 108 cm³/mol. The van der Waals surface area contributed by atoms with Crippen LogP contribution in [0.1, 0.15) is 31.9 Å². The zero-order valence-electron chi connectivity index (χ0n) is 18.0. The normalized spacial score (nSPS) is 30.1. The zero-order chi connectivity index (χ0) is 22.3.